The van der Waals surface area contributed by atoms with E-state index in [1.54, 1.807) is 11.3 Å². The molecular formula is C14H17ClN2S. The number of benzene rings is 1. The quantitative estimate of drug-likeness (QED) is 0.907. The highest BCUT2D eigenvalue weighted by Gasteiger charge is 2.10. The summed E-state index contributed by atoms with van der Waals surface area (Å²) in [6.07, 6.45) is 1.92. The average Bonchev–Trinajstić information content (AvgIpc) is 2.74. The number of halogens is 1. The van der Waals surface area contributed by atoms with Crippen molar-refractivity contribution < 1.29 is 0 Å². The highest BCUT2D eigenvalue weighted by molar-refractivity contribution is 7.09. The predicted molar refractivity (Wildman–Crippen MR) is 78.6 cm³/mol. The third-order valence-electron chi connectivity index (χ3n) is 2.90. The van der Waals surface area contributed by atoms with E-state index in [9.17, 15) is 0 Å². The topological polar surface area (TPSA) is 24.9 Å². The van der Waals surface area contributed by atoms with Crippen LogP contribution in [-0.4, -0.2) is 18.1 Å². The molecule has 0 fully saturated rings. The van der Waals surface area contributed by atoms with Gasteiger partial charge in [-0.1, -0.05) is 23.7 Å². The summed E-state index contributed by atoms with van der Waals surface area (Å²) in [5.41, 5.74) is 2.42. The predicted octanol–water partition coefficient (Wildman–Crippen LogP) is 3.48. The lowest BCUT2D eigenvalue weighted by molar-refractivity contribution is 0.551. The van der Waals surface area contributed by atoms with Crippen molar-refractivity contribution in [3.63, 3.8) is 0 Å². The first-order valence-electron chi connectivity index (χ1n) is 6.00. The zero-order chi connectivity index (χ0) is 13.0. The van der Waals surface area contributed by atoms with Gasteiger partial charge in [-0.25, -0.2) is 4.98 Å². The Hall–Kier alpha value is -0.900. The van der Waals surface area contributed by atoms with Crippen molar-refractivity contribution in [2.45, 2.75) is 25.8 Å². The minimum Gasteiger partial charge on any atom is -0.316 e. The van der Waals surface area contributed by atoms with Crippen LogP contribution in [0.15, 0.2) is 29.6 Å². The van der Waals surface area contributed by atoms with Crippen LogP contribution < -0.4 is 5.32 Å². The van der Waals surface area contributed by atoms with Gasteiger partial charge in [0.05, 0.1) is 10.7 Å². The van der Waals surface area contributed by atoms with Crippen LogP contribution >= 0.6 is 22.9 Å². The Labute approximate surface area is 117 Å². The molecule has 1 heterocycles. The molecule has 1 aromatic carbocycles. The molecule has 0 aliphatic carbocycles. The number of hydrogen-bond donors (Lipinski definition) is 1. The highest BCUT2D eigenvalue weighted by Crippen LogP contribution is 2.15. The molecule has 0 aliphatic rings. The molecule has 2 rings (SSSR count). The van der Waals surface area contributed by atoms with Gasteiger partial charge in [-0.05, 0) is 38.1 Å². The van der Waals surface area contributed by atoms with Crippen LogP contribution in [0, 0.1) is 6.92 Å². The van der Waals surface area contributed by atoms with E-state index in [1.165, 1.54) is 11.3 Å². The number of aromatic nitrogens is 1. The molecule has 4 heteroatoms. The van der Waals surface area contributed by atoms with Crippen molar-refractivity contribution in [1.29, 1.82) is 0 Å². The van der Waals surface area contributed by atoms with Crippen molar-refractivity contribution in [2.24, 2.45) is 0 Å². The van der Waals surface area contributed by atoms with Gasteiger partial charge >= 0.3 is 0 Å². The van der Waals surface area contributed by atoms with E-state index in [2.05, 4.69) is 21.7 Å². The van der Waals surface area contributed by atoms with E-state index in [-0.39, 0.29) is 0 Å². The maximum Gasteiger partial charge on any atom is 0.0897 e. The summed E-state index contributed by atoms with van der Waals surface area (Å²) >= 11 is 7.71. The molecule has 0 spiro atoms. The molecule has 2 nitrogen and oxygen atoms in total. The van der Waals surface area contributed by atoms with Gasteiger partial charge in [-0.15, -0.1) is 11.3 Å². The summed E-state index contributed by atoms with van der Waals surface area (Å²) in [6, 6.07) is 8.44. The maximum absolute atomic E-state index is 6.00. The molecule has 0 radical (unpaired) electrons. The summed E-state index contributed by atoms with van der Waals surface area (Å²) < 4.78 is 0. The molecular weight excluding hydrogens is 264 g/mol. The summed E-state index contributed by atoms with van der Waals surface area (Å²) in [6.45, 7) is 2.04. The largest absolute Gasteiger partial charge is 0.316 e. The Bertz CT molecular complexity index is 510. The molecule has 1 N–H and O–H groups in total. The first-order chi connectivity index (χ1) is 8.67. The second-order valence-corrected chi connectivity index (χ2v) is 5.88. The van der Waals surface area contributed by atoms with E-state index in [0.29, 0.717) is 6.04 Å². The van der Waals surface area contributed by atoms with Crippen LogP contribution in [-0.2, 0) is 12.8 Å². The van der Waals surface area contributed by atoms with Crippen LogP contribution in [0.1, 0.15) is 16.3 Å². The van der Waals surface area contributed by atoms with Gasteiger partial charge in [0.15, 0.2) is 0 Å². The minimum absolute atomic E-state index is 0.393. The Morgan fingerprint density at radius 3 is 2.83 bits per heavy atom. The first kappa shape index (κ1) is 13.5. The maximum atomic E-state index is 6.00. The van der Waals surface area contributed by atoms with Crippen LogP contribution in [0.3, 0.4) is 0 Å². The molecule has 96 valence electrons. The van der Waals surface area contributed by atoms with E-state index >= 15 is 0 Å². The number of hydrogen-bond acceptors (Lipinski definition) is 3. The monoisotopic (exact) mass is 280 g/mol. The number of rotatable bonds is 5. The zero-order valence-electron chi connectivity index (χ0n) is 10.6. The molecule has 0 saturated heterocycles. The normalized spacial score (nSPS) is 12.6. The summed E-state index contributed by atoms with van der Waals surface area (Å²) in [4.78, 5) is 4.51. The van der Waals surface area contributed by atoms with Crippen LogP contribution in [0.2, 0.25) is 5.02 Å². The fourth-order valence-corrected chi connectivity index (χ4v) is 2.82. The lowest BCUT2D eigenvalue weighted by Crippen LogP contribution is -2.30. The SMILES string of the molecule is CNC(Cc1cccc(Cl)c1)Cc1csc(C)n1. The van der Waals surface area contributed by atoms with Crippen LogP contribution in [0.5, 0.6) is 0 Å². The number of nitrogens with zero attached hydrogens (tertiary/aromatic N) is 1. The lowest BCUT2D eigenvalue weighted by Gasteiger charge is -2.15. The number of likely N-dealkylation sites (N-methyl/N-ethyl adjacent to an activating group) is 1. The van der Waals surface area contributed by atoms with E-state index in [1.807, 2.05) is 32.2 Å². The smallest absolute Gasteiger partial charge is 0.0897 e. The van der Waals surface area contributed by atoms with Crippen molar-refractivity contribution in [1.82, 2.24) is 10.3 Å². The Kier molecular flexibility index (Phi) is 4.75. The van der Waals surface area contributed by atoms with Gasteiger partial charge in [0.2, 0.25) is 0 Å². The fourth-order valence-electron chi connectivity index (χ4n) is 1.98. The average molecular weight is 281 g/mol. The van der Waals surface area contributed by atoms with E-state index in [4.69, 9.17) is 11.6 Å². The fraction of sp³-hybridized carbons (Fsp3) is 0.357. The summed E-state index contributed by atoms with van der Waals surface area (Å²) in [5.74, 6) is 0. The number of thiazole rings is 1. The van der Waals surface area contributed by atoms with Crippen LogP contribution in [0.25, 0.3) is 0 Å². The van der Waals surface area contributed by atoms with Gasteiger partial charge in [0, 0.05) is 22.9 Å². The van der Waals surface area contributed by atoms with Gasteiger partial charge in [-0.3, -0.25) is 0 Å². The third-order valence-corrected chi connectivity index (χ3v) is 3.96. The van der Waals surface area contributed by atoms with Gasteiger partial charge in [0.25, 0.3) is 0 Å². The second kappa shape index (κ2) is 6.32. The minimum atomic E-state index is 0.393. The van der Waals surface area contributed by atoms with E-state index < -0.39 is 0 Å². The molecule has 0 saturated carbocycles. The van der Waals surface area contributed by atoms with Crippen molar-refractivity contribution in [3.8, 4) is 0 Å². The van der Waals surface area contributed by atoms with Crippen molar-refractivity contribution in [3.05, 3.63) is 50.9 Å². The molecule has 1 unspecified atom stereocenters. The van der Waals surface area contributed by atoms with E-state index in [0.717, 1.165) is 22.9 Å². The van der Waals surface area contributed by atoms with Gasteiger partial charge in [0.1, 0.15) is 0 Å². The lowest BCUT2D eigenvalue weighted by atomic mass is 10.0. The zero-order valence-corrected chi connectivity index (χ0v) is 12.2. The molecule has 0 bridgehead atoms. The molecule has 1 atom stereocenters. The van der Waals surface area contributed by atoms with Crippen molar-refractivity contribution >= 4 is 22.9 Å². The Morgan fingerprint density at radius 1 is 1.39 bits per heavy atom. The molecule has 0 amide bonds. The Morgan fingerprint density at radius 2 is 2.22 bits per heavy atom. The molecule has 2 aromatic rings. The van der Waals surface area contributed by atoms with Crippen LogP contribution in [0.4, 0.5) is 0 Å². The van der Waals surface area contributed by atoms with Gasteiger partial charge < -0.3 is 5.32 Å². The first-order valence-corrected chi connectivity index (χ1v) is 7.26. The highest BCUT2D eigenvalue weighted by atomic mass is 35.5. The molecule has 1 aromatic heterocycles. The molecule has 0 aliphatic heterocycles. The standard InChI is InChI=1S/C14H17ClN2S/c1-10-17-14(9-18-10)8-13(16-2)7-11-4-3-5-12(15)6-11/h3-6,9,13,16H,7-8H2,1-2H3. The van der Waals surface area contributed by atoms with Gasteiger partial charge in [-0.2, -0.15) is 0 Å². The van der Waals surface area contributed by atoms with Crippen molar-refractivity contribution in [2.75, 3.05) is 7.05 Å². The number of aryl methyl sites for hydroxylation is 1. The number of nitrogens with one attached hydrogen (secondary N) is 1. The summed E-state index contributed by atoms with van der Waals surface area (Å²) in [5, 5.41) is 7.41. The third kappa shape index (κ3) is 3.80. The Balaban J connectivity index is 2.01. The second-order valence-electron chi connectivity index (χ2n) is 4.38. The summed E-state index contributed by atoms with van der Waals surface area (Å²) in [7, 11) is 1.99. The molecule has 18 heavy (non-hydrogen) atoms.